The number of rotatable bonds is 10. The van der Waals surface area contributed by atoms with Gasteiger partial charge in [0, 0.05) is 44.0 Å². The van der Waals surface area contributed by atoms with Crippen LogP contribution in [0.1, 0.15) is 23.0 Å². The Hall–Kier alpha value is -4.63. The number of nitrogens with zero attached hydrogens (tertiary/aromatic N) is 4. The van der Waals surface area contributed by atoms with Crippen molar-refractivity contribution in [2.24, 2.45) is 0 Å². The van der Waals surface area contributed by atoms with Crippen LogP contribution in [0.5, 0.6) is 17.2 Å². The summed E-state index contributed by atoms with van der Waals surface area (Å²) in [6.07, 6.45) is 0. The van der Waals surface area contributed by atoms with E-state index in [0.29, 0.717) is 12.3 Å². The first-order chi connectivity index (χ1) is 20.1. The maximum Gasteiger partial charge on any atom is 0.276 e. The lowest BCUT2D eigenvalue weighted by atomic mass is 10.0. The molecule has 4 aromatic rings. The topological polar surface area (TPSA) is 89.1 Å². The van der Waals surface area contributed by atoms with Crippen LogP contribution < -0.4 is 24.4 Å². The van der Waals surface area contributed by atoms with Crippen molar-refractivity contribution in [3.05, 3.63) is 90.1 Å². The Balaban J connectivity index is 1.16. The van der Waals surface area contributed by atoms with Gasteiger partial charge in [-0.25, -0.2) is 0 Å². The quantitative estimate of drug-likeness (QED) is 0.289. The molecule has 2 heterocycles. The molecule has 212 valence electrons. The van der Waals surface area contributed by atoms with E-state index >= 15 is 0 Å². The van der Waals surface area contributed by atoms with Gasteiger partial charge < -0.3 is 24.4 Å². The third-order valence-corrected chi connectivity index (χ3v) is 7.09. The number of hydrogen-bond acceptors (Lipinski definition) is 8. The van der Waals surface area contributed by atoms with E-state index in [9.17, 15) is 4.79 Å². The van der Waals surface area contributed by atoms with Gasteiger partial charge in [-0.1, -0.05) is 24.3 Å². The zero-order valence-electron chi connectivity index (χ0n) is 23.7. The number of methoxy groups -OCH3 is 2. The fraction of sp³-hybridized carbons (Fsp3) is 0.281. The molecule has 3 aromatic carbocycles. The largest absolute Gasteiger partial charge is 0.497 e. The summed E-state index contributed by atoms with van der Waals surface area (Å²) in [7, 11) is 3.32. The minimum absolute atomic E-state index is 0.267. The van der Waals surface area contributed by atoms with Crippen molar-refractivity contribution in [1.82, 2.24) is 15.1 Å². The highest BCUT2D eigenvalue weighted by Gasteiger charge is 2.20. The SMILES string of the molecule is CCOc1cccc(-c2ccc(CN3CCN(c4ccc(C(=O)Nc5ccc(OC)cc5)nn4)CC3)c(OC)c2)c1. The molecule has 0 radical (unpaired) electrons. The van der Waals surface area contributed by atoms with Crippen LogP contribution in [0.25, 0.3) is 11.1 Å². The van der Waals surface area contributed by atoms with Gasteiger partial charge in [-0.05, 0) is 72.6 Å². The Labute approximate surface area is 240 Å². The number of nitrogens with one attached hydrogen (secondary N) is 1. The van der Waals surface area contributed by atoms with Crippen LogP contribution in [0.3, 0.4) is 0 Å². The van der Waals surface area contributed by atoms with E-state index in [1.54, 1.807) is 44.6 Å². The van der Waals surface area contributed by atoms with Crippen LogP contribution in [0.15, 0.2) is 78.9 Å². The average molecular weight is 554 g/mol. The molecule has 1 aliphatic rings. The molecule has 0 atom stereocenters. The van der Waals surface area contributed by atoms with Gasteiger partial charge in [-0.15, -0.1) is 10.2 Å². The Morgan fingerprint density at radius 2 is 1.61 bits per heavy atom. The molecule has 1 saturated heterocycles. The summed E-state index contributed by atoms with van der Waals surface area (Å²) in [4.78, 5) is 17.2. The Bertz CT molecular complexity index is 1450. The van der Waals surface area contributed by atoms with Gasteiger partial charge in [0.15, 0.2) is 11.5 Å². The van der Waals surface area contributed by atoms with Crippen LogP contribution in [0.4, 0.5) is 11.5 Å². The van der Waals surface area contributed by atoms with E-state index in [4.69, 9.17) is 14.2 Å². The van der Waals surface area contributed by atoms with Crippen molar-refractivity contribution in [3.8, 4) is 28.4 Å². The standard InChI is InChI=1S/C32H35N5O4/c1-4-41-28-7-5-6-23(20-28)24-8-9-25(30(21-24)40-3)22-36-16-18-37(19-17-36)31-15-14-29(34-35-31)32(38)33-26-10-12-27(39-2)13-11-26/h5-15,20-21H,4,16-19,22H2,1-3H3,(H,33,38). The van der Waals surface area contributed by atoms with E-state index in [0.717, 1.165) is 72.5 Å². The highest BCUT2D eigenvalue weighted by atomic mass is 16.5. The van der Waals surface area contributed by atoms with E-state index in [2.05, 4.69) is 55.6 Å². The predicted octanol–water partition coefficient (Wildman–Crippen LogP) is 5.13. The lowest BCUT2D eigenvalue weighted by Crippen LogP contribution is -2.46. The van der Waals surface area contributed by atoms with E-state index in [1.165, 1.54) is 0 Å². The summed E-state index contributed by atoms with van der Waals surface area (Å²) < 4.78 is 16.6. The second kappa shape index (κ2) is 13.1. The summed E-state index contributed by atoms with van der Waals surface area (Å²) >= 11 is 0. The average Bonchev–Trinajstić information content (AvgIpc) is 3.02. The number of ether oxygens (including phenoxy) is 3. The maximum absolute atomic E-state index is 12.6. The number of piperazine rings is 1. The van der Waals surface area contributed by atoms with E-state index < -0.39 is 0 Å². The second-order valence-corrected chi connectivity index (χ2v) is 9.71. The first kappa shape index (κ1) is 27.9. The third kappa shape index (κ3) is 6.93. The molecular weight excluding hydrogens is 518 g/mol. The van der Waals surface area contributed by atoms with Gasteiger partial charge in [0.05, 0.1) is 20.8 Å². The van der Waals surface area contributed by atoms with E-state index in [-0.39, 0.29) is 11.6 Å². The van der Waals surface area contributed by atoms with Crippen molar-refractivity contribution < 1.29 is 19.0 Å². The molecule has 1 aliphatic heterocycles. The molecule has 0 unspecified atom stereocenters. The molecule has 0 bridgehead atoms. The minimum atomic E-state index is -0.305. The minimum Gasteiger partial charge on any atom is -0.497 e. The maximum atomic E-state index is 12.6. The van der Waals surface area contributed by atoms with Crippen LogP contribution in [0, 0.1) is 0 Å². The zero-order valence-corrected chi connectivity index (χ0v) is 23.7. The molecular formula is C32H35N5O4. The van der Waals surface area contributed by atoms with Crippen molar-refractivity contribution in [2.75, 3.05) is 57.2 Å². The number of carbonyl (C=O) groups is 1. The van der Waals surface area contributed by atoms with Crippen LogP contribution in [-0.4, -0.2) is 68.0 Å². The summed E-state index contributed by atoms with van der Waals surface area (Å²) in [6.45, 7) is 6.81. The van der Waals surface area contributed by atoms with Crippen molar-refractivity contribution in [3.63, 3.8) is 0 Å². The van der Waals surface area contributed by atoms with Gasteiger partial charge in [0.2, 0.25) is 0 Å². The molecule has 0 aliphatic carbocycles. The highest BCUT2D eigenvalue weighted by molar-refractivity contribution is 6.02. The lowest BCUT2D eigenvalue weighted by Gasteiger charge is -2.35. The number of hydrogen-bond donors (Lipinski definition) is 1. The number of aromatic nitrogens is 2. The molecule has 1 amide bonds. The molecule has 0 spiro atoms. The number of anilines is 2. The molecule has 9 nitrogen and oxygen atoms in total. The fourth-order valence-electron chi connectivity index (χ4n) is 4.85. The molecule has 1 aromatic heterocycles. The summed E-state index contributed by atoms with van der Waals surface area (Å²) in [5.41, 5.74) is 4.28. The van der Waals surface area contributed by atoms with E-state index in [1.807, 2.05) is 25.1 Å². The van der Waals surface area contributed by atoms with Crippen LogP contribution in [-0.2, 0) is 6.54 Å². The zero-order chi connectivity index (χ0) is 28.6. The predicted molar refractivity (Wildman–Crippen MR) is 160 cm³/mol. The molecule has 1 N–H and O–H groups in total. The second-order valence-electron chi connectivity index (χ2n) is 9.71. The van der Waals surface area contributed by atoms with Gasteiger partial charge in [0.25, 0.3) is 5.91 Å². The molecule has 1 fully saturated rings. The smallest absolute Gasteiger partial charge is 0.276 e. The Kier molecular flexibility index (Phi) is 8.95. The van der Waals surface area contributed by atoms with Crippen LogP contribution in [0.2, 0.25) is 0 Å². The number of carbonyl (C=O) groups excluding carboxylic acids is 1. The lowest BCUT2D eigenvalue weighted by molar-refractivity contribution is 0.102. The number of amides is 1. The fourth-order valence-corrected chi connectivity index (χ4v) is 4.85. The first-order valence-corrected chi connectivity index (χ1v) is 13.7. The molecule has 5 rings (SSSR count). The van der Waals surface area contributed by atoms with Crippen molar-refractivity contribution in [1.29, 1.82) is 0 Å². The van der Waals surface area contributed by atoms with Crippen molar-refractivity contribution >= 4 is 17.4 Å². The van der Waals surface area contributed by atoms with Gasteiger partial charge in [-0.3, -0.25) is 9.69 Å². The summed E-state index contributed by atoms with van der Waals surface area (Å²) in [5, 5.41) is 11.3. The number of benzene rings is 3. The van der Waals surface area contributed by atoms with Gasteiger partial charge in [-0.2, -0.15) is 0 Å². The Morgan fingerprint density at radius 1 is 0.829 bits per heavy atom. The first-order valence-electron chi connectivity index (χ1n) is 13.7. The highest BCUT2D eigenvalue weighted by Crippen LogP contribution is 2.30. The summed E-state index contributed by atoms with van der Waals surface area (Å²) in [6, 6.07) is 25.2. The molecule has 41 heavy (non-hydrogen) atoms. The third-order valence-electron chi connectivity index (χ3n) is 7.09. The molecule has 0 saturated carbocycles. The monoisotopic (exact) mass is 553 g/mol. The summed E-state index contributed by atoms with van der Waals surface area (Å²) in [5.74, 6) is 2.93. The normalized spacial score (nSPS) is 13.5. The van der Waals surface area contributed by atoms with Crippen molar-refractivity contribution in [2.45, 2.75) is 13.5 Å². The van der Waals surface area contributed by atoms with Gasteiger partial charge >= 0.3 is 0 Å². The Morgan fingerprint density at radius 3 is 2.29 bits per heavy atom. The van der Waals surface area contributed by atoms with Crippen LogP contribution >= 0.6 is 0 Å². The van der Waals surface area contributed by atoms with Gasteiger partial charge in [0.1, 0.15) is 17.2 Å². The molecule has 9 heteroatoms.